The number of benzene rings is 2. The van der Waals surface area contributed by atoms with Crippen LogP contribution in [0, 0.1) is 10.1 Å². The SMILES string of the molecule is CCC(c1nc2ccccc2c(=O)n1CCOC)N(C)S(=O)(=O)c1ccc(Cl)c([N+](=O)[O-])c1. The van der Waals surface area contributed by atoms with Gasteiger partial charge < -0.3 is 4.74 Å². The summed E-state index contributed by atoms with van der Waals surface area (Å²) in [5.74, 6) is 0.257. The molecule has 1 atom stereocenters. The van der Waals surface area contributed by atoms with Crippen LogP contribution in [0.5, 0.6) is 0 Å². The molecule has 3 aromatic rings. The lowest BCUT2D eigenvalue weighted by Crippen LogP contribution is -2.37. The van der Waals surface area contributed by atoms with Crippen LogP contribution < -0.4 is 5.56 Å². The number of fused-ring (bicyclic) bond motifs is 1. The minimum absolute atomic E-state index is 0.168. The molecule has 1 unspecified atom stereocenters. The van der Waals surface area contributed by atoms with E-state index in [2.05, 4.69) is 4.98 Å². The molecule has 0 N–H and O–H groups in total. The Labute approximate surface area is 195 Å². The Morgan fingerprint density at radius 2 is 1.97 bits per heavy atom. The highest BCUT2D eigenvalue weighted by molar-refractivity contribution is 7.89. The lowest BCUT2D eigenvalue weighted by atomic mass is 10.1. The molecular weight excluding hydrogens is 472 g/mol. The van der Waals surface area contributed by atoms with Crippen LogP contribution in [0.2, 0.25) is 5.02 Å². The number of ether oxygens (including phenoxy) is 1. The second kappa shape index (κ2) is 9.96. The molecule has 0 bridgehead atoms. The van der Waals surface area contributed by atoms with Gasteiger partial charge in [0.05, 0.1) is 39.9 Å². The summed E-state index contributed by atoms with van der Waals surface area (Å²) in [6.07, 6.45) is 0.295. The number of halogens is 1. The zero-order valence-corrected chi connectivity index (χ0v) is 19.8. The van der Waals surface area contributed by atoms with Gasteiger partial charge in [0, 0.05) is 20.2 Å². The fourth-order valence-electron chi connectivity index (χ4n) is 3.57. The van der Waals surface area contributed by atoms with E-state index in [1.165, 1.54) is 30.9 Å². The van der Waals surface area contributed by atoms with Gasteiger partial charge >= 0.3 is 0 Å². The van der Waals surface area contributed by atoms with Gasteiger partial charge in [-0.15, -0.1) is 0 Å². The van der Waals surface area contributed by atoms with Crippen LogP contribution in [-0.2, 0) is 21.3 Å². The third-order valence-electron chi connectivity index (χ3n) is 5.33. The highest BCUT2D eigenvalue weighted by Crippen LogP contribution is 2.32. The Bertz CT molecular complexity index is 1360. The van der Waals surface area contributed by atoms with E-state index in [-0.39, 0.29) is 34.5 Å². The van der Waals surface area contributed by atoms with Crippen molar-refractivity contribution >= 4 is 38.2 Å². The first-order chi connectivity index (χ1) is 15.6. The number of aromatic nitrogens is 2. The number of hydrogen-bond donors (Lipinski definition) is 0. The second-order valence-corrected chi connectivity index (χ2v) is 9.66. The van der Waals surface area contributed by atoms with Crippen molar-refractivity contribution in [2.75, 3.05) is 20.8 Å². The van der Waals surface area contributed by atoms with Gasteiger partial charge in [0.1, 0.15) is 10.8 Å². The number of hydrogen-bond acceptors (Lipinski definition) is 7. The van der Waals surface area contributed by atoms with E-state index in [4.69, 9.17) is 16.3 Å². The first-order valence-corrected chi connectivity index (χ1v) is 11.9. The zero-order valence-electron chi connectivity index (χ0n) is 18.3. The maximum atomic E-state index is 13.4. The largest absolute Gasteiger partial charge is 0.383 e. The predicted molar refractivity (Wildman–Crippen MR) is 124 cm³/mol. The molecule has 0 saturated carbocycles. The molecule has 0 radical (unpaired) electrons. The van der Waals surface area contributed by atoms with Crippen LogP contribution >= 0.6 is 11.6 Å². The molecule has 0 aliphatic rings. The monoisotopic (exact) mass is 494 g/mol. The maximum absolute atomic E-state index is 13.4. The van der Waals surface area contributed by atoms with Crippen molar-refractivity contribution in [2.24, 2.45) is 0 Å². The second-order valence-electron chi connectivity index (χ2n) is 7.25. The summed E-state index contributed by atoms with van der Waals surface area (Å²) in [4.78, 5) is 28.0. The van der Waals surface area contributed by atoms with Gasteiger partial charge in [0.2, 0.25) is 10.0 Å². The van der Waals surface area contributed by atoms with Gasteiger partial charge in [-0.25, -0.2) is 13.4 Å². The topological polar surface area (TPSA) is 125 Å². The van der Waals surface area contributed by atoms with Gasteiger partial charge in [0.25, 0.3) is 11.2 Å². The third kappa shape index (κ3) is 4.76. The molecule has 0 amide bonds. The van der Waals surface area contributed by atoms with Crippen LogP contribution in [0.1, 0.15) is 25.2 Å². The maximum Gasteiger partial charge on any atom is 0.289 e. The minimum Gasteiger partial charge on any atom is -0.383 e. The molecule has 176 valence electrons. The Kier molecular flexibility index (Phi) is 7.48. The summed E-state index contributed by atoms with van der Waals surface area (Å²) in [6.45, 7) is 2.17. The van der Waals surface area contributed by atoms with E-state index >= 15 is 0 Å². The van der Waals surface area contributed by atoms with Crippen LogP contribution in [-0.4, -0.2) is 48.0 Å². The summed E-state index contributed by atoms with van der Waals surface area (Å²) in [6, 6.07) is 9.30. The van der Waals surface area contributed by atoms with Gasteiger partial charge in [-0.05, 0) is 30.7 Å². The molecule has 0 saturated heterocycles. The molecule has 12 heteroatoms. The molecule has 0 aliphatic carbocycles. The average molecular weight is 495 g/mol. The van der Waals surface area contributed by atoms with Crippen LogP contribution in [0.25, 0.3) is 10.9 Å². The number of nitrogens with zero attached hydrogens (tertiary/aromatic N) is 4. The summed E-state index contributed by atoms with van der Waals surface area (Å²) in [7, 11) is -1.34. The zero-order chi connectivity index (χ0) is 24.3. The number of nitro groups is 1. The lowest BCUT2D eigenvalue weighted by Gasteiger charge is -2.28. The van der Waals surface area contributed by atoms with Gasteiger partial charge in [-0.3, -0.25) is 19.5 Å². The smallest absolute Gasteiger partial charge is 0.289 e. The van der Waals surface area contributed by atoms with Crippen molar-refractivity contribution in [1.82, 2.24) is 13.9 Å². The third-order valence-corrected chi connectivity index (χ3v) is 7.51. The van der Waals surface area contributed by atoms with Crippen LogP contribution in [0.15, 0.2) is 52.2 Å². The van der Waals surface area contributed by atoms with Crippen molar-refractivity contribution < 1.29 is 18.1 Å². The average Bonchev–Trinajstić information content (AvgIpc) is 2.79. The van der Waals surface area contributed by atoms with E-state index in [1.54, 1.807) is 31.2 Å². The van der Waals surface area contributed by atoms with Crippen molar-refractivity contribution in [1.29, 1.82) is 0 Å². The molecule has 0 aliphatic heterocycles. The van der Waals surface area contributed by atoms with E-state index in [0.717, 1.165) is 10.4 Å². The highest BCUT2D eigenvalue weighted by atomic mass is 35.5. The molecule has 1 heterocycles. The van der Waals surface area contributed by atoms with E-state index in [9.17, 15) is 23.3 Å². The quantitative estimate of drug-likeness (QED) is 0.330. The molecule has 1 aromatic heterocycles. The standard InChI is InChI=1S/C21H23ClN4O6S/c1-4-18(24(2)33(30,31)14-9-10-16(22)19(13-14)26(28)29)20-23-17-8-6-5-7-15(17)21(27)25(20)11-12-32-3/h5-10,13,18H,4,11-12H2,1-3H3. The van der Waals surface area contributed by atoms with E-state index in [0.29, 0.717) is 17.3 Å². The van der Waals surface area contributed by atoms with E-state index in [1.807, 2.05) is 0 Å². The summed E-state index contributed by atoms with van der Waals surface area (Å²) in [5, 5.41) is 11.5. The van der Waals surface area contributed by atoms with Crippen molar-refractivity contribution in [3.63, 3.8) is 0 Å². The van der Waals surface area contributed by atoms with E-state index < -0.39 is 26.7 Å². The molecule has 2 aromatic carbocycles. The van der Waals surface area contributed by atoms with Crippen molar-refractivity contribution in [2.45, 2.75) is 30.8 Å². The number of rotatable bonds is 9. The Morgan fingerprint density at radius 3 is 2.61 bits per heavy atom. The fraction of sp³-hybridized carbons (Fsp3) is 0.333. The molecule has 3 rings (SSSR count). The molecule has 0 spiro atoms. The van der Waals surface area contributed by atoms with Crippen molar-refractivity contribution in [3.8, 4) is 0 Å². The Balaban J connectivity index is 2.16. The van der Waals surface area contributed by atoms with Crippen LogP contribution in [0.4, 0.5) is 5.69 Å². The minimum atomic E-state index is -4.19. The lowest BCUT2D eigenvalue weighted by molar-refractivity contribution is -0.384. The van der Waals surface area contributed by atoms with Crippen molar-refractivity contribution in [3.05, 3.63) is 73.8 Å². The number of nitro benzene ring substituents is 1. The number of para-hydroxylation sites is 1. The summed E-state index contributed by atoms with van der Waals surface area (Å²) >= 11 is 5.84. The van der Waals surface area contributed by atoms with Gasteiger partial charge in [-0.2, -0.15) is 4.31 Å². The molecule has 10 nitrogen and oxygen atoms in total. The van der Waals surface area contributed by atoms with Gasteiger partial charge in [0.15, 0.2) is 0 Å². The number of methoxy groups -OCH3 is 1. The predicted octanol–water partition coefficient (Wildman–Crippen LogP) is 3.38. The normalized spacial score (nSPS) is 12.9. The highest BCUT2D eigenvalue weighted by Gasteiger charge is 2.33. The molecular formula is C21H23ClN4O6S. The summed E-state index contributed by atoms with van der Waals surface area (Å²) in [5.41, 5.74) is -0.378. The Hall–Kier alpha value is -2.86. The fourth-order valence-corrected chi connectivity index (χ4v) is 5.17. The summed E-state index contributed by atoms with van der Waals surface area (Å²) < 4.78 is 34.4. The first kappa shape index (κ1) is 24.8. The van der Waals surface area contributed by atoms with Gasteiger partial charge in [-0.1, -0.05) is 30.7 Å². The van der Waals surface area contributed by atoms with Crippen LogP contribution in [0.3, 0.4) is 0 Å². The molecule has 33 heavy (non-hydrogen) atoms. The first-order valence-electron chi connectivity index (χ1n) is 10.0. The number of sulfonamides is 1. The molecule has 0 fully saturated rings. The Morgan fingerprint density at radius 1 is 1.27 bits per heavy atom.